The standard InChI is InChI=1S/C27H41N7O2/c1-3-20-15-24-25(31-26(20)35)14-19(16-28-24)18-33-10-12-34(13-11-33)22-4-5-23(29-17-22)27(36)30-21-6-8-32(2)9-7-21/h4-5,14,16,20-22,24-25H,3,6-13,15,17-18H2,1-2H3,(H,30,36)(H,31,35). The zero-order valence-electron chi connectivity index (χ0n) is 21.7. The maximum absolute atomic E-state index is 12.6. The molecule has 5 heterocycles. The van der Waals surface area contributed by atoms with Crippen molar-refractivity contribution in [1.82, 2.24) is 25.3 Å². The van der Waals surface area contributed by atoms with Crippen LogP contribution in [-0.2, 0) is 9.59 Å². The average Bonchev–Trinajstić information content (AvgIpc) is 2.90. The van der Waals surface area contributed by atoms with Gasteiger partial charge in [0.25, 0.3) is 5.91 Å². The largest absolute Gasteiger partial charge is 0.348 e. The van der Waals surface area contributed by atoms with Crippen molar-refractivity contribution in [3.8, 4) is 0 Å². The molecule has 9 heteroatoms. The van der Waals surface area contributed by atoms with E-state index < -0.39 is 0 Å². The number of rotatable bonds is 6. The number of piperidine rings is 2. The summed E-state index contributed by atoms with van der Waals surface area (Å²) >= 11 is 0. The Hall–Kier alpha value is -2.36. The summed E-state index contributed by atoms with van der Waals surface area (Å²) in [6.07, 6.45) is 12.0. The Morgan fingerprint density at radius 1 is 1.17 bits per heavy atom. The molecule has 0 aromatic heterocycles. The Balaban J connectivity index is 1.05. The van der Waals surface area contributed by atoms with Gasteiger partial charge in [-0.15, -0.1) is 0 Å². The van der Waals surface area contributed by atoms with Gasteiger partial charge < -0.3 is 15.5 Å². The number of piperazine rings is 1. The molecule has 4 atom stereocenters. The van der Waals surface area contributed by atoms with Gasteiger partial charge in [0.15, 0.2) is 0 Å². The Morgan fingerprint density at radius 3 is 2.64 bits per heavy atom. The Morgan fingerprint density at radius 2 is 1.94 bits per heavy atom. The number of dihydropyridines is 2. The van der Waals surface area contributed by atoms with E-state index in [2.05, 4.69) is 56.4 Å². The first kappa shape index (κ1) is 25.3. The van der Waals surface area contributed by atoms with Crippen molar-refractivity contribution in [2.75, 3.05) is 59.4 Å². The number of carbonyl (C=O) groups excluding carboxylic acids is 2. The third kappa shape index (κ3) is 5.95. The molecule has 9 nitrogen and oxygen atoms in total. The molecule has 0 aromatic rings. The SMILES string of the molecule is CCC1CC2N=CC(CN3CCN(C4C=CC(C(=O)NC5CCN(C)CC5)=NC4)CC3)=CC2NC1=O. The summed E-state index contributed by atoms with van der Waals surface area (Å²) in [5.74, 6) is 0.230. The number of fused-ring (bicyclic) bond motifs is 1. The molecule has 2 amide bonds. The minimum atomic E-state index is -0.0342. The van der Waals surface area contributed by atoms with Crippen LogP contribution in [0.2, 0.25) is 0 Å². The molecule has 196 valence electrons. The van der Waals surface area contributed by atoms with E-state index in [0.717, 1.165) is 71.5 Å². The van der Waals surface area contributed by atoms with E-state index in [0.29, 0.717) is 12.3 Å². The van der Waals surface area contributed by atoms with Gasteiger partial charge in [0.1, 0.15) is 5.71 Å². The van der Waals surface area contributed by atoms with Gasteiger partial charge in [0.05, 0.1) is 18.6 Å². The number of nitrogens with one attached hydrogen (secondary N) is 2. The first-order chi connectivity index (χ1) is 17.5. The van der Waals surface area contributed by atoms with Gasteiger partial charge in [-0.3, -0.25) is 29.4 Å². The summed E-state index contributed by atoms with van der Waals surface area (Å²) in [7, 11) is 2.13. The lowest BCUT2D eigenvalue weighted by Crippen LogP contribution is -2.53. The van der Waals surface area contributed by atoms with Crippen molar-refractivity contribution in [2.45, 2.75) is 56.8 Å². The van der Waals surface area contributed by atoms with Crippen LogP contribution in [0.15, 0.2) is 33.8 Å². The van der Waals surface area contributed by atoms with Crippen molar-refractivity contribution in [1.29, 1.82) is 0 Å². The lowest BCUT2D eigenvalue weighted by molar-refractivity contribution is -0.127. The van der Waals surface area contributed by atoms with Crippen molar-refractivity contribution < 1.29 is 9.59 Å². The van der Waals surface area contributed by atoms with Gasteiger partial charge in [0, 0.05) is 56.9 Å². The third-order valence-corrected chi connectivity index (χ3v) is 8.43. The Labute approximate surface area is 214 Å². The van der Waals surface area contributed by atoms with E-state index in [9.17, 15) is 9.59 Å². The van der Waals surface area contributed by atoms with Gasteiger partial charge >= 0.3 is 0 Å². The molecule has 0 saturated carbocycles. The summed E-state index contributed by atoms with van der Waals surface area (Å²) in [4.78, 5) is 41.5. The third-order valence-electron chi connectivity index (χ3n) is 8.43. The smallest absolute Gasteiger partial charge is 0.269 e. The topological polar surface area (TPSA) is 92.6 Å². The van der Waals surface area contributed by atoms with Crippen LogP contribution in [0.25, 0.3) is 0 Å². The predicted octanol–water partition coefficient (Wildman–Crippen LogP) is 0.488. The van der Waals surface area contributed by atoms with Crippen molar-refractivity contribution in [3.63, 3.8) is 0 Å². The van der Waals surface area contributed by atoms with Gasteiger partial charge in [-0.2, -0.15) is 0 Å². The molecule has 2 N–H and O–H groups in total. The van der Waals surface area contributed by atoms with Crippen LogP contribution in [0.3, 0.4) is 0 Å². The molecule has 3 saturated heterocycles. The highest BCUT2D eigenvalue weighted by atomic mass is 16.2. The van der Waals surface area contributed by atoms with Crippen LogP contribution in [0.4, 0.5) is 0 Å². The van der Waals surface area contributed by atoms with E-state index in [1.165, 1.54) is 5.57 Å². The van der Waals surface area contributed by atoms with Crippen LogP contribution < -0.4 is 10.6 Å². The Kier molecular flexibility index (Phi) is 7.98. The van der Waals surface area contributed by atoms with Crippen LogP contribution in [0, 0.1) is 5.92 Å². The van der Waals surface area contributed by atoms with Crippen molar-refractivity contribution >= 4 is 23.7 Å². The van der Waals surface area contributed by atoms with E-state index in [4.69, 9.17) is 4.99 Å². The molecule has 5 aliphatic rings. The fourth-order valence-corrected chi connectivity index (χ4v) is 5.96. The highest BCUT2D eigenvalue weighted by molar-refractivity contribution is 6.43. The number of aliphatic imine (C=N–C) groups is 2. The van der Waals surface area contributed by atoms with Crippen LogP contribution in [0.1, 0.15) is 32.6 Å². The van der Waals surface area contributed by atoms with Gasteiger partial charge in [-0.1, -0.05) is 19.1 Å². The number of carbonyl (C=O) groups is 2. The zero-order valence-corrected chi connectivity index (χ0v) is 21.7. The molecule has 5 rings (SSSR count). The fourth-order valence-electron chi connectivity index (χ4n) is 5.96. The normalized spacial score (nSPS) is 32.4. The van der Waals surface area contributed by atoms with Crippen molar-refractivity contribution in [2.24, 2.45) is 15.9 Å². The summed E-state index contributed by atoms with van der Waals surface area (Å²) in [6, 6.07) is 0.738. The maximum Gasteiger partial charge on any atom is 0.269 e. The van der Waals surface area contributed by atoms with Crippen LogP contribution in [0.5, 0.6) is 0 Å². The number of hydrogen-bond acceptors (Lipinski definition) is 7. The molecule has 5 aliphatic heterocycles. The number of hydrogen-bond donors (Lipinski definition) is 2. The lowest BCUT2D eigenvalue weighted by Gasteiger charge is -2.39. The molecule has 3 fully saturated rings. The molecule has 0 radical (unpaired) electrons. The van der Waals surface area contributed by atoms with E-state index in [1.807, 2.05) is 12.3 Å². The second-order valence-corrected chi connectivity index (χ2v) is 11.0. The molecule has 4 unspecified atom stereocenters. The number of amides is 2. The summed E-state index contributed by atoms with van der Waals surface area (Å²) in [6.45, 7) is 9.58. The second kappa shape index (κ2) is 11.4. The molecule has 0 bridgehead atoms. The summed E-state index contributed by atoms with van der Waals surface area (Å²) in [5, 5.41) is 6.33. The quantitative estimate of drug-likeness (QED) is 0.560. The highest BCUT2D eigenvalue weighted by Crippen LogP contribution is 2.25. The lowest BCUT2D eigenvalue weighted by atomic mass is 9.86. The first-order valence-corrected chi connectivity index (χ1v) is 13.7. The molecule has 36 heavy (non-hydrogen) atoms. The number of likely N-dealkylation sites (tertiary alicyclic amines) is 1. The average molecular weight is 496 g/mol. The molecular formula is C27H41N7O2. The first-order valence-electron chi connectivity index (χ1n) is 13.7. The van der Waals surface area contributed by atoms with Crippen LogP contribution >= 0.6 is 0 Å². The second-order valence-electron chi connectivity index (χ2n) is 11.0. The maximum atomic E-state index is 12.6. The van der Waals surface area contributed by atoms with Gasteiger partial charge in [-0.25, -0.2) is 0 Å². The minimum Gasteiger partial charge on any atom is -0.348 e. The zero-order chi connectivity index (χ0) is 25.1. The molecule has 0 aliphatic carbocycles. The van der Waals surface area contributed by atoms with E-state index in [1.54, 1.807) is 0 Å². The molecule has 0 spiro atoms. The number of nitrogens with zero attached hydrogens (tertiary/aromatic N) is 5. The monoisotopic (exact) mass is 495 g/mol. The van der Waals surface area contributed by atoms with Gasteiger partial charge in [0.2, 0.25) is 5.91 Å². The summed E-state index contributed by atoms with van der Waals surface area (Å²) < 4.78 is 0. The van der Waals surface area contributed by atoms with Gasteiger partial charge in [-0.05, 0) is 57.5 Å². The minimum absolute atomic E-state index is 0.0342. The highest BCUT2D eigenvalue weighted by Gasteiger charge is 2.35. The van der Waals surface area contributed by atoms with Crippen LogP contribution in [-0.4, -0.2) is 122 Å². The van der Waals surface area contributed by atoms with E-state index in [-0.39, 0.29) is 41.9 Å². The fraction of sp³-hybridized carbons (Fsp3) is 0.704. The molecular weight excluding hydrogens is 454 g/mol. The Bertz CT molecular complexity index is 942. The molecule has 0 aromatic carbocycles. The predicted molar refractivity (Wildman–Crippen MR) is 143 cm³/mol. The summed E-state index contributed by atoms with van der Waals surface area (Å²) in [5.41, 5.74) is 1.76. The van der Waals surface area contributed by atoms with Crippen molar-refractivity contribution in [3.05, 3.63) is 23.8 Å². The van der Waals surface area contributed by atoms with E-state index >= 15 is 0 Å².